The maximum Gasteiger partial charge on any atom is 0.257 e. The summed E-state index contributed by atoms with van der Waals surface area (Å²) in [7, 11) is 0. The first kappa shape index (κ1) is 16.1. The predicted molar refractivity (Wildman–Crippen MR) is 108 cm³/mol. The summed E-state index contributed by atoms with van der Waals surface area (Å²) in [6.45, 7) is 1.70. The average molecular weight is 355 g/mol. The second-order valence-corrected chi connectivity index (χ2v) is 7.18. The summed E-state index contributed by atoms with van der Waals surface area (Å²) in [6, 6.07) is 20.8. The van der Waals surface area contributed by atoms with E-state index in [2.05, 4.69) is 53.6 Å². The van der Waals surface area contributed by atoms with Gasteiger partial charge in [0.05, 0.1) is 23.0 Å². The molecule has 1 saturated heterocycles. The molecule has 0 atom stereocenters. The maximum atomic E-state index is 13.0. The molecule has 1 amide bonds. The molecule has 1 aliphatic heterocycles. The molecule has 0 aliphatic carbocycles. The van der Waals surface area contributed by atoms with Gasteiger partial charge in [-0.15, -0.1) is 0 Å². The lowest BCUT2D eigenvalue weighted by Crippen LogP contribution is -2.35. The minimum absolute atomic E-state index is 0.0976. The molecule has 4 aromatic rings. The Morgan fingerprint density at radius 1 is 0.852 bits per heavy atom. The van der Waals surface area contributed by atoms with E-state index >= 15 is 0 Å². The fourth-order valence-corrected chi connectivity index (χ4v) is 4.01. The highest BCUT2D eigenvalue weighted by Gasteiger charge is 2.22. The zero-order valence-electron chi connectivity index (χ0n) is 15.1. The standard InChI is InChI=1S/C23H21N3O/c27-23(25-13-4-1-5-14-25)20-16-24-26-21(9-6-10-22(20)26)19-12-11-17-7-2-3-8-18(17)15-19/h2-3,6-12,15-16H,1,4-5,13-14H2. The van der Waals surface area contributed by atoms with E-state index in [1.54, 1.807) is 6.20 Å². The summed E-state index contributed by atoms with van der Waals surface area (Å²) in [4.78, 5) is 14.9. The number of amides is 1. The molecule has 4 heteroatoms. The van der Waals surface area contributed by atoms with Crippen molar-refractivity contribution in [2.24, 2.45) is 0 Å². The number of carbonyl (C=O) groups is 1. The van der Waals surface area contributed by atoms with E-state index in [1.807, 2.05) is 21.5 Å². The first-order valence-corrected chi connectivity index (χ1v) is 9.56. The first-order valence-electron chi connectivity index (χ1n) is 9.56. The summed E-state index contributed by atoms with van der Waals surface area (Å²) >= 11 is 0. The molecule has 2 aromatic heterocycles. The van der Waals surface area contributed by atoms with Crippen molar-refractivity contribution in [2.45, 2.75) is 19.3 Å². The summed E-state index contributed by atoms with van der Waals surface area (Å²) in [5.41, 5.74) is 3.66. The van der Waals surface area contributed by atoms with Gasteiger partial charge in [0.15, 0.2) is 0 Å². The Bertz CT molecular complexity index is 1140. The largest absolute Gasteiger partial charge is 0.339 e. The maximum absolute atomic E-state index is 13.0. The van der Waals surface area contributed by atoms with Crippen molar-refractivity contribution in [3.63, 3.8) is 0 Å². The molecule has 0 radical (unpaired) electrons. The van der Waals surface area contributed by atoms with Crippen molar-refractivity contribution in [1.82, 2.24) is 14.5 Å². The predicted octanol–water partition coefficient (Wildman–Crippen LogP) is 4.78. The quantitative estimate of drug-likeness (QED) is 0.519. The Kier molecular flexibility index (Phi) is 3.89. The van der Waals surface area contributed by atoms with Gasteiger partial charge in [-0.3, -0.25) is 4.79 Å². The van der Waals surface area contributed by atoms with E-state index in [1.165, 1.54) is 17.2 Å². The van der Waals surface area contributed by atoms with Crippen molar-refractivity contribution in [3.8, 4) is 11.3 Å². The molecule has 134 valence electrons. The van der Waals surface area contributed by atoms with Gasteiger partial charge in [-0.2, -0.15) is 5.10 Å². The number of hydrogen-bond donors (Lipinski definition) is 0. The Morgan fingerprint density at radius 3 is 2.52 bits per heavy atom. The van der Waals surface area contributed by atoms with E-state index in [0.717, 1.165) is 42.7 Å². The van der Waals surface area contributed by atoms with Crippen molar-refractivity contribution >= 4 is 22.2 Å². The van der Waals surface area contributed by atoms with Crippen LogP contribution in [-0.4, -0.2) is 33.5 Å². The van der Waals surface area contributed by atoms with Crippen LogP contribution in [0.5, 0.6) is 0 Å². The molecule has 0 N–H and O–H groups in total. The van der Waals surface area contributed by atoms with Crippen LogP contribution in [0.4, 0.5) is 0 Å². The number of rotatable bonds is 2. The number of carbonyl (C=O) groups excluding carboxylic acids is 1. The summed E-state index contributed by atoms with van der Waals surface area (Å²) in [6.07, 6.45) is 5.11. The van der Waals surface area contributed by atoms with E-state index in [9.17, 15) is 4.79 Å². The Labute approximate surface area is 158 Å². The van der Waals surface area contributed by atoms with Crippen LogP contribution in [0, 0.1) is 0 Å². The lowest BCUT2D eigenvalue weighted by molar-refractivity contribution is 0.0726. The molecule has 0 bridgehead atoms. The van der Waals surface area contributed by atoms with Gasteiger partial charge >= 0.3 is 0 Å². The summed E-state index contributed by atoms with van der Waals surface area (Å²) in [5, 5.41) is 6.98. The highest BCUT2D eigenvalue weighted by atomic mass is 16.2. The van der Waals surface area contributed by atoms with Gasteiger partial charge in [0.1, 0.15) is 0 Å². The molecule has 1 fully saturated rings. The van der Waals surface area contributed by atoms with E-state index in [-0.39, 0.29) is 5.91 Å². The van der Waals surface area contributed by atoms with E-state index < -0.39 is 0 Å². The van der Waals surface area contributed by atoms with Gasteiger partial charge in [0.2, 0.25) is 0 Å². The Balaban J connectivity index is 1.59. The second kappa shape index (κ2) is 6.54. The van der Waals surface area contributed by atoms with Crippen LogP contribution in [0.3, 0.4) is 0 Å². The molecule has 27 heavy (non-hydrogen) atoms. The topological polar surface area (TPSA) is 37.6 Å². The van der Waals surface area contributed by atoms with Crippen LogP contribution in [-0.2, 0) is 0 Å². The van der Waals surface area contributed by atoms with Crippen molar-refractivity contribution < 1.29 is 4.79 Å². The van der Waals surface area contributed by atoms with E-state index in [0.29, 0.717) is 5.56 Å². The average Bonchev–Trinajstić information content (AvgIpc) is 3.18. The summed E-state index contributed by atoms with van der Waals surface area (Å²) < 4.78 is 1.89. The number of pyridine rings is 1. The van der Waals surface area contributed by atoms with Crippen LogP contribution < -0.4 is 0 Å². The zero-order chi connectivity index (χ0) is 18.2. The molecular formula is C23H21N3O. The van der Waals surface area contributed by atoms with Crippen molar-refractivity contribution in [2.75, 3.05) is 13.1 Å². The molecule has 3 heterocycles. The monoisotopic (exact) mass is 355 g/mol. The molecule has 0 saturated carbocycles. The van der Waals surface area contributed by atoms with Crippen LogP contribution in [0.2, 0.25) is 0 Å². The van der Waals surface area contributed by atoms with Gasteiger partial charge < -0.3 is 4.90 Å². The lowest BCUT2D eigenvalue weighted by Gasteiger charge is -2.26. The van der Waals surface area contributed by atoms with E-state index in [4.69, 9.17) is 0 Å². The SMILES string of the molecule is O=C(c1cnn2c(-c3ccc4ccccc4c3)cccc12)N1CCCCC1. The van der Waals surface area contributed by atoms with Crippen LogP contribution >= 0.6 is 0 Å². The molecular weight excluding hydrogens is 334 g/mol. The molecule has 5 rings (SSSR count). The number of nitrogens with zero attached hydrogens (tertiary/aromatic N) is 3. The minimum atomic E-state index is 0.0976. The van der Waals surface area contributed by atoms with Crippen LogP contribution in [0.25, 0.3) is 27.5 Å². The number of likely N-dealkylation sites (tertiary alicyclic amines) is 1. The van der Waals surface area contributed by atoms with Crippen LogP contribution in [0.15, 0.2) is 66.9 Å². The van der Waals surface area contributed by atoms with Gasteiger partial charge in [-0.1, -0.05) is 42.5 Å². The normalized spacial score (nSPS) is 14.7. The number of benzene rings is 2. The lowest BCUT2D eigenvalue weighted by atomic mass is 10.0. The Hall–Kier alpha value is -3.14. The first-order chi connectivity index (χ1) is 13.3. The van der Waals surface area contributed by atoms with Gasteiger partial charge in [0, 0.05) is 18.7 Å². The number of hydrogen-bond acceptors (Lipinski definition) is 2. The molecule has 2 aromatic carbocycles. The fourth-order valence-electron chi connectivity index (χ4n) is 4.01. The van der Waals surface area contributed by atoms with Crippen molar-refractivity contribution in [3.05, 3.63) is 72.4 Å². The summed E-state index contributed by atoms with van der Waals surface area (Å²) in [5.74, 6) is 0.0976. The third kappa shape index (κ3) is 2.78. The van der Waals surface area contributed by atoms with Crippen LogP contribution in [0.1, 0.15) is 29.6 Å². The zero-order valence-corrected chi connectivity index (χ0v) is 15.1. The molecule has 0 unspecified atom stereocenters. The molecule has 0 spiro atoms. The molecule has 4 nitrogen and oxygen atoms in total. The second-order valence-electron chi connectivity index (χ2n) is 7.18. The van der Waals surface area contributed by atoms with Gasteiger partial charge in [-0.05, 0) is 48.2 Å². The number of aromatic nitrogens is 2. The van der Waals surface area contributed by atoms with Gasteiger partial charge in [0.25, 0.3) is 5.91 Å². The van der Waals surface area contributed by atoms with Crippen molar-refractivity contribution in [1.29, 1.82) is 0 Å². The highest BCUT2D eigenvalue weighted by molar-refractivity contribution is 6.01. The smallest absolute Gasteiger partial charge is 0.257 e. The third-order valence-corrected chi connectivity index (χ3v) is 5.46. The number of fused-ring (bicyclic) bond motifs is 2. The highest BCUT2D eigenvalue weighted by Crippen LogP contribution is 2.26. The fraction of sp³-hybridized carbons (Fsp3) is 0.217. The molecule has 1 aliphatic rings. The Morgan fingerprint density at radius 2 is 1.67 bits per heavy atom. The minimum Gasteiger partial charge on any atom is -0.339 e. The third-order valence-electron chi connectivity index (χ3n) is 5.46. The number of piperidine rings is 1. The van der Waals surface area contributed by atoms with Gasteiger partial charge in [-0.25, -0.2) is 4.52 Å².